The fourth-order valence-electron chi connectivity index (χ4n) is 3.20. The van der Waals surface area contributed by atoms with Crippen molar-refractivity contribution in [2.24, 2.45) is 11.8 Å². The van der Waals surface area contributed by atoms with Gasteiger partial charge in [0.15, 0.2) is 5.78 Å². The fourth-order valence-corrected chi connectivity index (χ4v) is 3.20. The van der Waals surface area contributed by atoms with Crippen LogP contribution >= 0.6 is 0 Å². The molecule has 0 aromatic carbocycles. The monoisotopic (exact) mass is 221 g/mol. The maximum absolute atomic E-state index is 12.3. The summed E-state index contributed by atoms with van der Waals surface area (Å²) in [7, 11) is 0. The first-order valence-electron chi connectivity index (χ1n) is 6.43. The molecule has 2 atom stereocenters. The third-order valence-electron chi connectivity index (χ3n) is 4.08. The molecule has 3 heteroatoms. The van der Waals surface area contributed by atoms with Crippen LogP contribution in [0.1, 0.15) is 25.7 Å². The van der Waals surface area contributed by atoms with Crippen LogP contribution in [0.25, 0.3) is 0 Å². The molecule has 2 aliphatic carbocycles. The molecule has 16 heavy (non-hydrogen) atoms. The summed E-state index contributed by atoms with van der Waals surface area (Å²) >= 11 is 0. The van der Waals surface area contributed by atoms with Gasteiger partial charge in [-0.1, -0.05) is 12.5 Å². The van der Waals surface area contributed by atoms with Gasteiger partial charge < -0.3 is 9.64 Å². The standard InChI is InChI=1S/C13H19NO2/c15-13-11-3-1-2-10(8-11)9-12(13)14-4-6-16-7-5-14/h9-11H,1-8H2. The number of morpholine rings is 1. The molecule has 0 spiro atoms. The van der Waals surface area contributed by atoms with Crippen LogP contribution in [0.2, 0.25) is 0 Å². The average Bonchev–Trinajstić information content (AvgIpc) is 2.35. The van der Waals surface area contributed by atoms with Crippen molar-refractivity contribution in [1.82, 2.24) is 4.90 Å². The number of hydrogen-bond donors (Lipinski definition) is 0. The van der Waals surface area contributed by atoms with Crippen molar-refractivity contribution in [3.8, 4) is 0 Å². The lowest BCUT2D eigenvalue weighted by molar-refractivity contribution is -0.123. The molecule has 2 bridgehead atoms. The number of carbonyl (C=O) groups excluding carboxylic acids is 1. The van der Waals surface area contributed by atoms with E-state index >= 15 is 0 Å². The third kappa shape index (κ3) is 1.77. The molecule has 0 aromatic rings. The predicted molar refractivity (Wildman–Crippen MR) is 60.9 cm³/mol. The van der Waals surface area contributed by atoms with Gasteiger partial charge in [0, 0.05) is 19.0 Å². The Morgan fingerprint density at radius 3 is 2.88 bits per heavy atom. The Morgan fingerprint density at radius 1 is 1.25 bits per heavy atom. The lowest BCUT2D eigenvalue weighted by atomic mass is 9.74. The molecular formula is C13H19NO2. The summed E-state index contributed by atoms with van der Waals surface area (Å²) in [4.78, 5) is 14.5. The zero-order valence-electron chi connectivity index (χ0n) is 9.65. The molecule has 1 saturated heterocycles. The number of ether oxygens (including phenoxy) is 1. The highest BCUT2D eigenvalue weighted by Gasteiger charge is 2.35. The summed E-state index contributed by atoms with van der Waals surface area (Å²) in [6.45, 7) is 3.30. The van der Waals surface area contributed by atoms with E-state index in [1.165, 1.54) is 12.8 Å². The normalized spacial score (nSPS) is 34.9. The van der Waals surface area contributed by atoms with E-state index in [0.717, 1.165) is 44.8 Å². The van der Waals surface area contributed by atoms with E-state index < -0.39 is 0 Å². The van der Waals surface area contributed by atoms with Gasteiger partial charge in [-0.25, -0.2) is 0 Å². The van der Waals surface area contributed by atoms with Gasteiger partial charge in [0.25, 0.3) is 0 Å². The van der Waals surface area contributed by atoms with Crippen LogP contribution in [0.4, 0.5) is 0 Å². The molecule has 3 nitrogen and oxygen atoms in total. The Balaban J connectivity index is 1.82. The van der Waals surface area contributed by atoms with Crippen LogP contribution in [-0.4, -0.2) is 37.0 Å². The summed E-state index contributed by atoms with van der Waals surface area (Å²) in [6.07, 6.45) is 6.96. The van der Waals surface area contributed by atoms with Crippen LogP contribution in [0, 0.1) is 11.8 Å². The van der Waals surface area contributed by atoms with Crippen molar-refractivity contribution in [1.29, 1.82) is 0 Å². The maximum Gasteiger partial charge on any atom is 0.181 e. The number of hydrogen-bond acceptors (Lipinski definition) is 3. The molecule has 1 aliphatic heterocycles. The molecule has 1 heterocycles. The first kappa shape index (κ1) is 10.3. The maximum atomic E-state index is 12.3. The number of Topliss-reactive ketones (excluding diaryl/α,β-unsaturated/α-hetero) is 1. The highest BCUT2D eigenvalue weighted by Crippen LogP contribution is 2.37. The summed E-state index contributed by atoms with van der Waals surface area (Å²) in [5.41, 5.74) is 1.00. The predicted octanol–water partition coefficient (Wildman–Crippen LogP) is 1.59. The van der Waals surface area contributed by atoms with Crippen LogP contribution in [-0.2, 0) is 9.53 Å². The van der Waals surface area contributed by atoms with Gasteiger partial charge in [0.2, 0.25) is 0 Å². The topological polar surface area (TPSA) is 29.5 Å². The highest BCUT2D eigenvalue weighted by molar-refractivity contribution is 5.97. The Morgan fingerprint density at radius 2 is 2.06 bits per heavy atom. The van der Waals surface area contributed by atoms with Crippen LogP contribution in [0.15, 0.2) is 11.8 Å². The number of rotatable bonds is 1. The molecule has 0 radical (unpaired) electrons. The summed E-state index contributed by atoms with van der Waals surface area (Å²) in [5.74, 6) is 1.38. The van der Waals surface area contributed by atoms with Crippen molar-refractivity contribution < 1.29 is 9.53 Å². The number of allylic oxidation sites excluding steroid dienone is 2. The van der Waals surface area contributed by atoms with Gasteiger partial charge in [-0.15, -0.1) is 0 Å². The largest absolute Gasteiger partial charge is 0.378 e. The van der Waals surface area contributed by atoms with E-state index in [0.29, 0.717) is 17.6 Å². The Bertz CT molecular complexity index is 318. The van der Waals surface area contributed by atoms with Gasteiger partial charge in [0.1, 0.15) is 0 Å². The van der Waals surface area contributed by atoms with Gasteiger partial charge >= 0.3 is 0 Å². The van der Waals surface area contributed by atoms with Crippen molar-refractivity contribution in [2.75, 3.05) is 26.3 Å². The van der Waals surface area contributed by atoms with Gasteiger partial charge in [-0.3, -0.25) is 4.79 Å². The smallest absolute Gasteiger partial charge is 0.181 e. The minimum absolute atomic E-state index is 0.321. The fraction of sp³-hybridized carbons (Fsp3) is 0.769. The molecule has 3 rings (SSSR count). The first-order valence-corrected chi connectivity index (χ1v) is 6.43. The third-order valence-corrected chi connectivity index (χ3v) is 4.08. The Hall–Kier alpha value is -0.830. The zero-order valence-corrected chi connectivity index (χ0v) is 9.65. The van der Waals surface area contributed by atoms with Crippen molar-refractivity contribution >= 4 is 5.78 Å². The van der Waals surface area contributed by atoms with E-state index in [4.69, 9.17) is 4.74 Å². The molecular weight excluding hydrogens is 202 g/mol. The lowest BCUT2D eigenvalue weighted by Crippen LogP contribution is -2.42. The van der Waals surface area contributed by atoms with E-state index in [9.17, 15) is 4.79 Å². The van der Waals surface area contributed by atoms with Gasteiger partial charge in [0.05, 0.1) is 18.9 Å². The van der Waals surface area contributed by atoms with Crippen LogP contribution in [0.3, 0.4) is 0 Å². The Kier molecular flexibility index (Phi) is 2.72. The molecule has 2 unspecified atom stereocenters. The van der Waals surface area contributed by atoms with E-state index in [1.807, 2.05) is 0 Å². The zero-order chi connectivity index (χ0) is 11.0. The second kappa shape index (κ2) is 4.21. The molecule has 0 N–H and O–H groups in total. The van der Waals surface area contributed by atoms with Crippen molar-refractivity contribution in [3.05, 3.63) is 11.8 Å². The molecule has 3 aliphatic rings. The number of ketones is 1. The van der Waals surface area contributed by atoms with Gasteiger partial charge in [-0.2, -0.15) is 0 Å². The van der Waals surface area contributed by atoms with E-state index in [-0.39, 0.29) is 0 Å². The number of nitrogens with zero attached hydrogens (tertiary/aromatic N) is 1. The second-order valence-electron chi connectivity index (χ2n) is 5.14. The minimum Gasteiger partial charge on any atom is -0.378 e. The quantitative estimate of drug-likeness (QED) is 0.673. The molecule has 2 fully saturated rings. The SMILES string of the molecule is O=C1C(N2CCOCC2)=CC2CCCC1C2. The summed E-state index contributed by atoms with van der Waals surface area (Å²) in [6, 6.07) is 0. The van der Waals surface area contributed by atoms with E-state index in [2.05, 4.69) is 11.0 Å². The molecule has 88 valence electrons. The molecule has 0 amide bonds. The number of fused-ring (bicyclic) bond motifs is 2. The Labute approximate surface area is 96.4 Å². The average molecular weight is 221 g/mol. The van der Waals surface area contributed by atoms with Crippen molar-refractivity contribution in [3.63, 3.8) is 0 Å². The minimum atomic E-state index is 0.321. The van der Waals surface area contributed by atoms with Crippen LogP contribution in [0.5, 0.6) is 0 Å². The van der Waals surface area contributed by atoms with Crippen LogP contribution < -0.4 is 0 Å². The second-order valence-corrected chi connectivity index (χ2v) is 5.14. The molecule has 1 saturated carbocycles. The number of carbonyl (C=O) groups is 1. The first-order chi connectivity index (χ1) is 7.84. The molecule has 0 aromatic heterocycles. The summed E-state index contributed by atoms with van der Waals surface area (Å²) in [5, 5.41) is 0. The van der Waals surface area contributed by atoms with Gasteiger partial charge in [-0.05, 0) is 25.2 Å². The van der Waals surface area contributed by atoms with Crippen molar-refractivity contribution in [2.45, 2.75) is 25.7 Å². The lowest BCUT2D eigenvalue weighted by Gasteiger charge is -2.38. The highest BCUT2D eigenvalue weighted by atomic mass is 16.5. The van der Waals surface area contributed by atoms with E-state index in [1.54, 1.807) is 0 Å². The summed E-state index contributed by atoms with van der Waals surface area (Å²) < 4.78 is 5.34.